The lowest BCUT2D eigenvalue weighted by Crippen LogP contribution is -2.43. The lowest BCUT2D eigenvalue weighted by molar-refractivity contribution is 0.126. The van der Waals surface area contributed by atoms with E-state index in [1.54, 1.807) is 0 Å². The van der Waals surface area contributed by atoms with Crippen LogP contribution in [0.4, 0.5) is 0 Å². The maximum Gasteiger partial charge on any atom is 0.0121 e. The van der Waals surface area contributed by atoms with Gasteiger partial charge in [-0.3, -0.25) is 0 Å². The molecule has 1 nitrogen and oxygen atoms in total. The second kappa shape index (κ2) is 7.82. The SMILES string of the molecule is CCC1CCCC(C(NC)C2CCC(C(C)C)CC2)C1. The maximum absolute atomic E-state index is 3.73. The molecule has 0 aromatic rings. The molecule has 3 atom stereocenters. The molecule has 0 bridgehead atoms. The summed E-state index contributed by atoms with van der Waals surface area (Å²) < 4.78 is 0. The Labute approximate surface area is 127 Å². The van der Waals surface area contributed by atoms with Crippen molar-refractivity contribution in [2.75, 3.05) is 7.05 Å². The second-order valence-electron chi connectivity index (χ2n) is 7.93. The minimum absolute atomic E-state index is 0.803. The standard InChI is InChI=1S/C19H37N/c1-5-15-7-6-8-18(13-15)19(20-4)17-11-9-16(10-12-17)14(2)3/h14-20H,5-13H2,1-4H3. The molecule has 2 rings (SSSR count). The van der Waals surface area contributed by atoms with Crippen molar-refractivity contribution >= 4 is 0 Å². The monoisotopic (exact) mass is 279 g/mol. The van der Waals surface area contributed by atoms with Gasteiger partial charge in [0.05, 0.1) is 0 Å². The van der Waals surface area contributed by atoms with E-state index in [1.165, 1.54) is 57.8 Å². The van der Waals surface area contributed by atoms with Crippen LogP contribution in [0.25, 0.3) is 0 Å². The Kier molecular flexibility index (Phi) is 6.39. The van der Waals surface area contributed by atoms with Gasteiger partial charge in [0.1, 0.15) is 0 Å². The highest BCUT2D eigenvalue weighted by Crippen LogP contribution is 2.40. The lowest BCUT2D eigenvalue weighted by atomic mass is 9.68. The van der Waals surface area contributed by atoms with Gasteiger partial charge in [-0.1, -0.05) is 40.0 Å². The van der Waals surface area contributed by atoms with E-state index in [2.05, 4.69) is 33.1 Å². The van der Waals surface area contributed by atoms with E-state index >= 15 is 0 Å². The molecule has 0 amide bonds. The highest BCUT2D eigenvalue weighted by molar-refractivity contribution is 4.89. The molecular weight excluding hydrogens is 242 g/mol. The van der Waals surface area contributed by atoms with E-state index in [0.29, 0.717) is 0 Å². The number of hydrogen-bond donors (Lipinski definition) is 1. The van der Waals surface area contributed by atoms with Crippen molar-refractivity contribution in [3.05, 3.63) is 0 Å². The van der Waals surface area contributed by atoms with Crippen molar-refractivity contribution in [3.63, 3.8) is 0 Å². The molecule has 0 radical (unpaired) electrons. The molecule has 0 heterocycles. The van der Waals surface area contributed by atoms with Crippen LogP contribution in [0.2, 0.25) is 0 Å². The van der Waals surface area contributed by atoms with E-state index in [4.69, 9.17) is 0 Å². The lowest BCUT2D eigenvalue weighted by Gasteiger charge is -2.41. The topological polar surface area (TPSA) is 12.0 Å². The minimum atomic E-state index is 0.803. The summed E-state index contributed by atoms with van der Waals surface area (Å²) >= 11 is 0. The molecule has 0 aromatic heterocycles. The fraction of sp³-hybridized carbons (Fsp3) is 1.00. The highest BCUT2D eigenvalue weighted by Gasteiger charge is 2.34. The molecule has 1 heteroatoms. The largest absolute Gasteiger partial charge is 0.316 e. The minimum Gasteiger partial charge on any atom is -0.316 e. The van der Waals surface area contributed by atoms with Gasteiger partial charge < -0.3 is 5.32 Å². The first-order chi connectivity index (χ1) is 9.65. The molecule has 20 heavy (non-hydrogen) atoms. The number of hydrogen-bond acceptors (Lipinski definition) is 1. The Morgan fingerprint density at radius 3 is 2.10 bits per heavy atom. The van der Waals surface area contributed by atoms with Gasteiger partial charge in [0.15, 0.2) is 0 Å². The van der Waals surface area contributed by atoms with Crippen molar-refractivity contribution in [1.29, 1.82) is 0 Å². The fourth-order valence-electron chi connectivity index (χ4n) is 5.06. The van der Waals surface area contributed by atoms with Crippen LogP contribution in [0.3, 0.4) is 0 Å². The van der Waals surface area contributed by atoms with E-state index in [9.17, 15) is 0 Å². The van der Waals surface area contributed by atoms with Crippen LogP contribution < -0.4 is 5.32 Å². The molecule has 2 aliphatic rings. The molecule has 118 valence electrons. The predicted octanol–water partition coefficient (Wildman–Crippen LogP) is 5.25. The van der Waals surface area contributed by atoms with Gasteiger partial charge in [0, 0.05) is 6.04 Å². The van der Waals surface area contributed by atoms with Gasteiger partial charge in [0.2, 0.25) is 0 Å². The maximum atomic E-state index is 3.73. The molecule has 0 spiro atoms. The second-order valence-corrected chi connectivity index (χ2v) is 7.93. The van der Waals surface area contributed by atoms with Crippen LogP contribution in [0.1, 0.15) is 78.6 Å². The van der Waals surface area contributed by atoms with Crippen molar-refractivity contribution in [3.8, 4) is 0 Å². The molecule has 3 unspecified atom stereocenters. The van der Waals surface area contributed by atoms with Crippen molar-refractivity contribution in [1.82, 2.24) is 5.32 Å². The van der Waals surface area contributed by atoms with Gasteiger partial charge in [-0.05, 0) is 75.2 Å². The molecule has 1 N–H and O–H groups in total. The zero-order valence-electron chi connectivity index (χ0n) is 14.3. The molecule has 0 aromatic carbocycles. The van der Waals surface area contributed by atoms with E-state index in [0.717, 1.165) is 35.6 Å². The zero-order valence-corrected chi connectivity index (χ0v) is 14.3. The zero-order chi connectivity index (χ0) is 14.5. The van der Waals surface area contributed by atoms with E-state index in [1.807, 2.05) is 0 Å². The van der Waals surface area contributed by atoms with Crippen LogP contribution >= 0.6 is 0 Å². The Morgan fingerprint density at radius 2 is 1.55 bits per heavy atom. The van der Waals surface area contributed by atoms with E-state index < -0.39 is 0 Å². The molecule has 2 aliphatic carbocycles. The molecule has 0 aliphatic heterocycles. The van der Waals surface area contributed by atoms with Crippen LogP contribution in [-0.2, 0) is 0 Å². The normalized spacial score (nSPS) is 37.0. The first-order valence-corrected chi connectivity index (χ1v) is 9.32. The van der Waals surface area contributed by atoms with Crippen LogP contribution in [0.5, 0.6) is 0 Å². The molecule has 2 saturated carbocycles. The fourth-order valence-corrected chi connectivity index (χ4v) is 5.06. The Hall–Kier alpha value is -0.0400. The summed E-state index contributed by atoms with van der Waals surface area (Å²) in [4.78, 5) is 0. The summed E-state index contributed by atoms with van der Waals surface area (Å²) in [7, 11) is 2.22. The van der Waals surface area contributed by atoms with Crippen molar-refractivity contribution in [2.24, 2.45) is 29.6 Å². The summed E-state index contributed by atoms with van der Waals surface area (Å²) in [6.07, 6.45) is 13.2. The van der Waals surface area contributed by atoms with Gasteiger partial charge >= 0.3 is 0 Å². The van der Waals surface area contributed by atoms with Crippen LogP contribution in [0.15, 0.2) is 0 Å². The van der Waals surface area contributed by atoms with Gasteiger partial charge in [-0.25, -0.2) is 0 Å². The summed E-state index contributed by atoms with van der Waals surface area (Å²) in [5.74, 6) is 4.81. The Morgan fingerprint density at radius 1 is 0.900 bits per heavy atom. The first kappa shape index (κ1) is 16.3. The summed E-state index contributed by atoms with van der Waals surface area (Å²) in [5, 5.41) is 3.73. The third-order valence-electron chi connectivity index (χ3n) is 6.51. The van der Waals surface area contributed by atoms with Crippen LogP contribution in [-0.4, -0.2) is 13.1 Å². The molecule has 2 fully saturated rings. The number of rotatable bonds is 5. The first-order valence-electron chi connectivity index (χ1n) is 9.32. The van der Waals surface area contributed by atoms with Crippen molar-refractivity contribution < 1.29 is 0 Å². The quantitative estimate of drug-likeness (QED) is 0.724. The van der Waals surface area contributed by atoms with Gasteiger partial charge in [0.25, 0.3) is 0 Å². The van der Waals surface area contributed by atoms with Crippen molar-refractivity contribution in [2.45, 2.75) is 84.6 Å². The highest BCUT2D eigenvalue weighted by atomic mass is 14.9. The van der Waals surface area contributed by atoms with Gasteiger partial charge in [-0.2, -0.15) is 0 Å². The third kappa shape index (κ3) is 4.00. The predicted molar refractivity (Wildman–Crippen MR) is 88.9 cm³/mol. The Balaban J connectivity index is 1.88. The molecular formula is C19H37N. The summed E-state index contributed by atoms with van der Waals surface area (Å²) in [6.45, 7) is 7.20. The van der Waals surface area contributed by atoms with Gasteiger partial charge in [-0.15, -0.1) is 0 Å². The van der Waals surface area contributed by atoms with E-state index in [-0.39, 0.29) is 0 Å². The Bertz CT molecular complexity index is 265. The number of nitrogens with one attached hydrogen (secondary N) is 1. The summed E-state index contributed by atoms with van der Waals surface area (Å²) in [6, 6.07) is 0.803. The van der Waals surface area contributed by atoms with Crippen LogP contribution in [0, 0.1) is 29.6 Å². The average molecular weight is 280 g/mol. The molecule has 0 saturated heterocycles. The smallest absolute Gasteiger partial charge is 0.0121 e. The summed E-state index contributed by atoms with van der Waals surface area (Å²) in [5.41, 5.74) is 0. The third-order valence-corrected chi connectivity index (χ3v) is 6.51. The average Bonchev–Trinajstić information content (AvgIpc) is 2.49.